The van der Waals surface area contributed by atoms with Crippen LogP contribution in [0.3, 0.4) is 0 Å². The summed E-state index contributed by atoms with van der Waals surface area (Å²) < 4.78 is 1.79. The lowest BCUT2D eigenvalue weighted by atomic mass is 10.3. The Hall–Kier alpha value is -2.22. The van der Waals surface area contributed by atoms with Crippen molar-refractivity contribution in [3.63, 3.8) is 0 Å². The monoisotopic (exact) mass is 324 g/mol. The summed E-state index contributed by atoms with van der Waals surface area (Å²) in [6.07, 6.45) is 4.31. The summed E-state index contributed by atoms with van der Waals surface area (Å²) >= 11 is 3.23. The van der Waals surface area contributed by atoms with E-state index in [1.165, 1.54) is 23.3 Å². The molecule has 0 unspecified atom stereocenters. The number of nitrogens with zero attached hydrogens (tertiary/aromatic N) is 3. The van der Waals surface area contributed by atoms with Crippen LogP contribution < -0.4 is 5.32 Å². The van der Waals surface area contributed by atoms with Crippen LogP contribution in [0.4, 0.5) is 5.69 Å². The van der Waals surface area contributed by atoms with Crippen molar-refractivity contribution in [1.29, 1.82) is 0 Å². The summed E-state index contributed by atoms with van der Waals surface area (Å²) in [7, 11) is 0. The predicted molar refractivity (Wildman–Crippen MR) is 69.8 cm³/mol. The Morgan fingerprint density at radius 1 is 1.47 bits per heavy atom. The minimum atomic E-state index is -1.01. The van der Waals surface area contributed by atoms with Gasteiger partial charge in [-0.3, -0.25) is 14.3 Å². The topological polar surface area (TPSA) is 97.1 Å². The molecule has 0 saturated heterocycles. The standard InChI is InChI=1S/C11H9BrN4O3/c12-8-2-1-3-13-10(8)11(19)15-7-4-14-16(5-7)6-9(17)18/h1-5H,6H2,(H,15,19)(H,17,18). The highest BCUT2D eigenvalue weighted by Crippen LogP contribution is 2.15. The number of anilines is 1. The Bertz CT molecular complexity index is 626. The summed E-state index contributed by atoms with van der Waals surface area (Å²) in [6, 6.07) is 3.40. The third-order valence-corrected chi connectivity index (χ3v) is 2.80. The molecule has 0 bridgehead atoms. The molecule has 2 rings (SSSR count). The molecule has 98 valence electrons. The Kier molecular flexibility index (Phi) is 3.91. The van der Waals surface area contributed by atoms with Crippen molar-refractivity contribution >= 4 is 33.5 Å². The first-order valence-corrected chi connectivity index (χ1v) is 6.01. The van der Waals surface area contributed by atoms with Gasteiger partial charge < -0.3 is 10.4 Å². The van der Waals surface area contributed by atoms with Crippen molar-refractivity contribution in [2.75, 3.05) is 5.32 Å². The van der Waals surface area contributed by atoms with Crippen LogP contribution in [0.25, 0.3) is 0 Å². The fraction of sp³-hybridized carbons (Fsp3) is 0.0909. The van der Waals surface area contributed by atoms with Crippen LogP contribution in [0, 0.1) is 0 Å². The van der Waals surface area contributed by atoms with Crippen molar-refractivity contribution in [3.8, 4) is 0 Å². The molecule has 2 aromatic rings. The maximum atomic E-state index is 11.9. The lowest BCUT2D eigenvalue weighted by Crippen LogP contribution is -2.14. The molecule has 2 N–H and O–H groups in total. The molecule has 7 nitrogen and oxygen atoms in total. The van der Waals surface area contributed by atoms with E-state index < -0.39 is 11.9 Å². The van der Waals surface area contributed by atoms with E-state index in [0.29, 0.717) is 10.2 Å². The average molecular weight is 325 g/mol. The second kappa shape index (κ2) is 5.61. The number of carbonyl (C=O) groups excluding carboxylic acids is 1. The number of carboxylic acid groups (broad SMARTS) is 1. The van der Waals surface area contributed by atoms with Gasteiger partial charge in [0.15, 0.2) is 0 Å². The van der Waals surface area contributed by atoms with Crippen LogP contribution in [-0.4, -0.2) is 31.7 Å². The maximum absolute atomic E-state index is 11.9. The molecule has 8 heteroatoms. The number of aliphatic carboxylic acids is 1. The van der Waals surface area contributed by atoms with Gasteiger partial charge in [0.2, 0.25) is 0 Å². The highest BCUT2D eigenvalue weighted by molar-refractivity contribution is 9.10. The molecular weight excluding hydrogens is 316 g/mol. The van der Waals surface area contributed by atoms with Crippen LogP contribution >= 0.6 is 15.9 Å². The number of amides is 1. The van der Waals surface area contributed by atoms with E-state index in [-0.39, 0.29) is 12.2 Å². The molecule has 2 aromatic heterocycles. The summed E-state index contributed by atoms with van der Waals surface area (Å²) in [5, 5.41) is 15.0. The zero-order valence-corrected chi connectivity index (χ0v) is 11.2. The van der Waals surface area contributed by atoms with Crippen molar-refractivity contribution in [2.24, 2.45) is 0 Å². The third-order valence-electron chi connectivity index (χ3n) is 2.16. The van der Waals surface area contributed by atoms with E-state index >= 15 is 0 Å². The lowest BCUT2D eigenvalue weighted by Gasteiger charge is -2.03. The minimum absolute atomic E-state index is 0.244. The lowest BCUT2D eigenvalue weighted by molar-refractivity contribution is -0.137. The number of pyridine rings is 1. The van der Waals surface area contributed by atoms with Crippen LogP contribution in [-0.2, 0) is 11.3 Å². The smallest absolute Gasteiger partial charge is 0.325 e. The van der Waals surface area contributed by atoms with Crippen LogP contribution in [0.2, 0.25) is 0 Å². The number of rotatable bonds is 4. The molecule has 0 aliphatic heterocycles. The number of aromatic nitrogens is 3. The quantitative estimate of drug-likeness (QED) is 0.885. The molecule has 0 radical (unpaired) electrons. The van der Waals surface area contributed by atoms with Gasteiger partial charge in [-0.2, -0.15) is 5.10 Å². The Balaban J connectivity index is 2.09. The SMILES string of the molecule is O=C(O)Cn1cc(NC(=O)c2ncccc2Br)cn1. The third kappa shape index (κ3) is 3.38. The molecule has 2 heterocycles. The van der Waals surface area contributed by atoms with Gasteiger partial charge in [-0.1, -0.05) is 0 Å². The molecule has 0 aliphatic carbocycles. The van der Waals surface area contributed by atoms with Gasteiger partial charge in [0, 0.05) is 16.9 Å². The average Bonchev–Trinajstić information content (AvgIpc) is 2.76. The first-order chi connectivity index (χ1) is 9.06. The van der Waals surface area contributed by atoms with Crippen molar-refractivity contribution in [1.82, 2.24) is 14.8 Å². The van der Waals surface area contributed by atoms with E-state index in [4.69, 9.17) is 5.11 Å². The summed E-state index contributed by atoms with van der Waals surface area (Å²) in [6.45, 7) is -0.261. The summed E-state index contributed by atoms with van der Waals surface area (Å²) in [4.78, 5) is 26.4. The van der Waals surface area contributed by atoms with Crippen LogP contribution in [0.1, 0.15) is 10.5 Å². The number of hydrogen-bond acceptors (Lipinski definition) is 4. The number of halogens is 1. The molecule has 0 atom stereocenters. The Morgan fingerprint density at radius 3 is 2.95 bits per heavy atom. The summed E-state index contributed by atoms with van der Waals surface area (Å²) in [5.74, 6) is -1.41. The van der Waals surface area contributed by atoms with Gasteiger partial charge >= 0.3 is 5.97 Å². The van der Waals surface area contributed by atoms with Gasteiger partial charge in [0.25, 0.3) is 5.91 Å². The summed E-state index contributed by atoms with van der Waals surface area (Å²) in [5.41, 5.74) is 0.650. The van der Waals surface area contributed by atoms with Gasteiger partial charge in [-0.25, -0.2) is 4.98 Å². The highest BCUT2D eigenvalue weighted by Gasteiger charge is 2.12. The fourth-order valence-electron chi connectivity index (χ4n) is 1.40. The zero-order chi connectivity index (χ0) is 13.8. The maximum Gasteiger partial charge on any atom is 0.325 e. The molecule has 0 fully saturated rings. The normalized spacial score (nSPS) is 10.2. The Labute approximate surface area is 116 Å². The first-order valence-electron chi connectivity index (χ1n) is 5.22. The molecule has 1 amide bonds. The molecule has 0 aromatic carbocycles. The van der Waals surface area contributed by atoms with E-state index in [1.807, 2.05) is 0 Å². The van der Waals surface area contributed by atoms with Crippen molar-refractivity contribution in [3.05, 3.63) is 40.9 Å². The van der Waals surface area contributed by atoms with Crippen molar-refractivity contribution < 1.29 is 14.7 Å². The van der Waals surface area contributed by atoms with Gasteiger partial charge in [0.1, 0.15) is 12.2 Å². The molecule has 0 spiro atoms. The highest BCUT2D eigenvalue weighted by atomic mass is 79.9. The number of nitrogens with one attached hydrogen (secondary N) is 1. The van der Waals surface area contributed by atoms with E-state index in [2.05, 4.69) is 31.3 Å². The first kappa shape index (κ1) is 13.2. The van der Waals surface area contributed by atoms with E-state index in [0.717, 1.165) is 0 Å². The molecular formula is C11H9BrN4O3. The van der Waals surface area contributed by atoms with Crippen LogP contribution in [0.5, 0.6) is 0 Å². The minimum Gasteiger partial charge on any atom is -0.480 e. The molecule has 19 heavy (non-hydrogen) atoms. The van der Waals surface area contributed by atoms with Gasteiger partial charge in [-0.05, 0) is 28.1 Å². The van der Waals surface area contributed by atoms with E-state index in [9.17, 15) is 9.59 Å². The number of hydrogen-bond donors (Lipinski definition) is 2. The largest absolute Gasteiger partial charge is 0.480 e. The number of carboxylic acids is 1. The number of carbonyl (C=O) groups is 2. The molecule has 0 aliphatic rings. The van der Waals surface area contributed by atoms with Gasteiger partial charge in [-0.15, -0.1) is 0 Å². The van der Waals surface area contributed by atoms with Crippen LogP contribution in [0.15, 0.2) is 35.2 Å². The van der Waals surface area contributed by atoms with Crippen molar-refractivity contribution in [2.45, 2.75) is 6.54 Å². The molecule has 0 saturated carbocycles. The predicted octanol–water partition coefficient (Wildman–Crippen LogP) is 1.38. The second-order valence-electron chi connectivity index (χ2n) is 3.61. The zero-order valence-electron chi connectivity index (χ0n) is 9.58. The van der Waals surface area contributed by atoms with E-state index in [1.54, 1.807) is 12.1 Å². The fourth-order valence-corrected chi connectivity index (χ4v) is 1.83. The Morgan fingerprint density at radius 2 is 2.26 bits per heavy atom. The van der Waals surface area contributed by atoms with Gasteiger partial charge in [0.05, 0.1) is 11.9 Å². The second-order valence-corrected chi connectivity index (χ2v) is 4.46.